The van der Waals surface area contributed by atoms with E-state index in [-0.39, 0.29) is 5.56 Å². The van der Waals surface area contributed by atoms with Gasteiger partial charge in [-0.2, -0.15) is 0 Å². The van der Waals surface area contributed by atoms with Crippen molar-refractivity contribution in [2.24, 2.45) is 0 Å². The summed E-state index contributed by atoms with van der Waals surface area (Å²) < 4.78 is 26.4. The Labute approximate surface area is 149 Å². The van der Waals surface area contributed by atoms with E-state index >= 15 is 0 Å². The van der Waals surface area contributed by atoms with Crippen LogP contribution in [0.25, 0.3) is 11.4 Å². The van der Waals surface area contributed by atoms with Gasteiger partial charge >= 0.3 is 0 Å². The van der Waals surface area contributed by atoms with Gasteiger partial charge in [0.2, 0.25) is 0 Å². The van der Waals surface area contributed by atoms with Gasteiger partial charge in [-0.15, -0.1) is 0 Å². The van der Waals surface area contributed by atoms with Crippen LogP contribution in [0.1, 0.15) is 16.8 Å². The first-order valence-corrected chi connectivity index (χ1v) is 8.44. The quantitative estimate of drug-likeness (QED) is 0.786. The molecule has 132 valence electrons. The molecule has 0 saturated carbocycles. The molecule has 0 atom stereocenters. The number of fused-ring (bicyclic) bond motifs is 1. The van der Waals surface area contributed by atoms with Gasteiger partial charge in [0.25, 0.3) is 5.56 Å². The van der Waals surface area contributed by atoms with Crippen molar-refractivity contribution in [1.82, 2.24) is 14.9 Å². The van der Waals surface area contributed by atoms with Gasteiger partial charge in [0.05, 0.1) is 11.3 Å². The summed E-state index contributed by atoms with van der Waals surface area (Å²) in [5.41, 5.74) is 2.84. The number of rotatable bonds is 3. The van der Waals surface area contributed by atoms with Gasteiger partial charge in [-0.3, -0.25) is 9.69 Å². The fourth-order valence-electron chi connectivity index (χ4n) is 3.24. The average molecular weight is 353 g/mol. The van der Waals surface area contributed by atoms with Crippen LogP contribution in [0.3, 0.4) is 0 Å². The van der Waals surface area contributed by atoms with Crippen molar-refractivity contribution in [3.05, 3.63) is 87.3 Å². The van der Waals surface area contributed by atoms with E-state index in [0.29, 0.717) is 43.0 Å². The van der Waals surface area contributed by atoms with Crippen LogP contribution in [0, 0.1) is 11.6 Å². The van der Waals surface area contributed by atoms with Gasteiger partial charge in [-0.1, -0.05) is 36.4 Å². The molecule has 0 saturated heterocycles. The Morgan fingerprint density at radius 2 is 1.88 bits per heavy atom. The van der Waals surface area contributed by atoms with Crippen molar-refractivity contribution in [2.45, 2.75) is 19.5 Å². The SMILES string of the molecule is O=c1[nH]c(-c2ccccc2)nc2c1CN(Cc1ccc(F)c(F)c1)CC2. The number of H-pyrrole nitrogens is 1. The summed E-state index contributed by atoms with van der Waals surface area (Å²) in [5.74, 6) is -1.14. The second-order valence-electron chi connectivity index (χ2n) is 6.41. The highest BCUT2D eigenvalue weighted by Crippen LogP contribution is 2.20. The molecule has 0 spiro atoms. The van der Waals surface area contributed by atoms with Gasteiger partial charge in [0.15, 0.2) is 11.6 Å². The number of aromatic amines is 1. The number of nitrogens with one attached hydrogen (secondary N) is 1. The molecule has 0 amide bonds. The van der Waals surface area contributed by atoms with Crippen LogP contribution < -0.4 is 5.56 Å². The summed E-state index contributed by atoms with van der Waals surface area (Å²) in [7, 11) is 0. The van der Waals surface area contributed by atoms with E-state index in [0.717, 1.165) is 17.3 Å². The Morgan fingerprint density at radius 3 is 2.65 bits per heavy atom. The normalized spacial score (nSPS) is 14.2. The highest BCUT2D eigenvalue weighted by atomic mass is 19.2. The van der Waals surface area contributed by atoms with Crippen molar-refractivity contribution < 1.29 is 8.78 Å². The third kappa shape index (κ3) is 3.28. The minimum absolute atomic E-state index is 0.149. The summed E-state index contributed by atoms with van der Waals surface area (Å²) in [6.07, 6.45) is 0.642. The van der Waals surface area contributed by atoms with Crippen LogP contribution in [-0.2, 0) is 19.5 Å². The van der Waals surface area contributed by atoms with Crippen molar-refractivity contribution >= 4 is 0 Å². The lowest BCUT2D eigenvalue weighted by molar-refractivity contribution is 0.241. The molecule has 2 aromatic carbocycles. The van der Waals surface area contributed by atoms with Gasteiger partial charge in [0, 0.05) is 31.6 Å². The molecule has 2 heterocycles. The third-order valence-electron chi connectivity index (χ3n) is 4.59. The maximum Gasteiger partial charge on any atom is 0.255 e. The molecular formula is C20H17F2N3O. The first kappa shape index (κ1) is 16.6. The van der Waals surface area contributed by atoms with E-state index in [1.807, 2.05) is 35.2 Å². The van der Waals surface area contributed by atoms with Crippen LogP contribution in [0.2, 0.25) is 0 Å². The Kier molecular flexibility index (Phi) is 4.34. The van der Waals surface area contributed by atoms with Crippen molar-refractivity contribution in [3.63, 3.8) is 0 Å². The Morgan fingerprint density at radius 1 is 1.08 bits per heavy atom. The molecule has 1 aromatic heterocycles. The summed E-state index contributed by atoms with van der Waals surface area (Å²) in [5, 5.41) is 0. The molecule has 4 rings (SSSR count). The second-order valence-corrected chi connectivity index (χ2v) is 6.41. The molecule has 4 nitrogen and oxygen atoms in total. The van der Waals surface area contributed by atoms with Gasteiger partial charge < -0.3 is 4.98 Å². The number of hydrogen-bond donors (Lipinski definition) is 1. The minimum Gasteiger partial charge on any atom is -0.306 e. The maximum atomic E-state index is 13.4. The highest BCUT2D eigenvalue weighted by molar-refractivity contribution is 5.54. The lowest BCUT2D eigenvalue weighted by atomic mass is 10.1. The summed E-state index contributed by atoms with van der Waals surface area (Å²) in [6.45, 7) is 1.60. The second kappa shape index (κ2) is 6.80. The maximum absolute atomic E-state index is 13.4. The predicted octanol–water partition coefficient (Wildman–Crippen LogP) is 3.27. The highest BCUT2D eigenvalue weighted by Gasteiger charge is 2.21. The molecule has 26 heavy (non-hydrogen) atoms. The summed E-state index contributed by atoms with van der Waals surface area (Å²) in [4.78, 5) is 22.0. The molecule has 3 aromatic rings. The van der Waals surface area contributed by atoms with E-state index in [4.69, 9.17) is 0 Å². The van der Waals surface area contributed by atoms with Crippen LogP contribution in [0.5, 0.6) is 0 Å². The molecule has 0 radical (unpaired) electrons. The lowest BCUT2D eigenvalue weighted by Gasteiger charge is -2.27. The molecule has 0 aliphatic carbocycles. The third-order valence-corrected chi connectivity index (χ3v) is 4.59. The number of benzene rings is 2. The average Bonchev–Trinajstić information content (AvgIpc) is 2.66. The Hall–Kier alpha value is -2.86. The zero-order valence-corrected chi connectivity index (χ0v) is 14.0. The molecule has 1 aliphatic rings. The van der Waals surface area contributed by atoms with E-state index in [9.17, 15) is 13.6 Å². The number of hydrogen-bond acceptors (Lipinski definition) is 3. The van der Waals surface area contributed by atoms with E-state index in [1.165, 1.54) is 6.07 Å². The smallest absolute Gasteiger partial charge is 0.255 e. The van der Waals surface area contributed by atoms with Gasteiger partial charge in [-0.05, 0) is 17.7 Å². The summed E-state index contributed by atoms with van der Waals surface area (Å²) in [6, 6.07) is 13.4. The lowest BCUT2D eigenvalue weighted by Crippen LogP contribution is -2.35. The first-order chi connectivity index (χ1) is 12.6. The van der Waals surface area contributed by atoms with E-state index < -0.39 is 11.6 Å². The van der Waals surface area contributed by atoms with Crippen LogP contribution >= 0.6 is 0 Å². The monoisotopic (exact) mass is 353 g/mol. The number of halogens is 2. The Balaban J connectivity index is 1.57. The molecular weight excluding hydrogens is 336 g/mol. The van der Waals surface area contributed by atoms with Gasteiger partial charge in [-0.25, -0.2) is 13.8 Å². The standard InChI is InChI=1S/C20H17F2N3O/c21-16-7-6-13(10-17(16)22)11-25-9-8-18-15(12-25)20(26)24-19(23-18)14-4-2-1-3-5-14/h1-7,10H,8-9,11-12H2,(H,23,24,26). The van der Waals surface area contributed by atoms with Crippen molar-refractivity contribution in [1.29, 1.82) is 0 Å². The summed E-state index contributed by atoms with van der Waals surface area (Å²) >= 11 is 0. The number of nitrogens with zero attached hydrogens (tertiary/aromatic N) is 2. The molecule has 1 aliphatic heterocycles. The zero-order chi connectivity index (χ0) is 18.1. The van der Waals surface area contributed by atoms with Crippen molar-refractivity contribution in [2.75, 3.05) is 6.54 Å². The fraction of sp³-hybridized carbons (Fsp3) is 0.200. The topological polar surface area (TPSA) is 49.0 Å². The molecule has 0 bridgehead atoms. The van der Waals surface area contributed by atoms with Crippen LogP contribution in [0.4, 0.5) is 8.78 Å². The molecule has 1 N–H and O–H groups in total. The van der Waals surface area contributed by atoms with E-state index in [1.54, 1.807) is 6.07 Å². The van der Waals surface area contributed by atoms with Crippen molar-refractivity contribution in [3.8, 4) is 11.4 Å². The predicted molar refractivity (Wildman–Crippen MR) is 94.5 cm³/mol. The zero-order valence-electron chi connectivity index (χ0n) is 14.0. The minimum atomic E-state index is -0.855. The first-order valence-electron chi connectivity index (χ1n) is 8.44. The van der Waals surface area contributed by atoms with Crippen LogP contribution in [0.15, 0.2) is 53.3 Å². The largest absolute Gasteiger partial charge is 0.306 e. The molecule has 6 heteroatoms. The fourth-order valence-corrected chi connectivity index (χ4v) is 3.24. The van der Waals surface area contributed by atoms with Gasteiger partial charge in [0.1, 0.15) is 5.82 Å². The molecule has 0 fully saturated rings. The van der Waals surface area contributed by atoms with Crippen LogP contribution in [-0.4, -0.2) is 21.4 Å². The number of aromatic nitrogens is 2. The Bertz CT molecular complexity index is 1000. The molecule has 0 unspecified atom stereocenters. The van der Waals surface area contributed by atoms with E-state index in [2.05, 4.69) is 9.97 Å².